The van der Waals surface area contributed by atoms with Crippen molar-refractivity contribution in [2.24, 2.45) is 0 Å². The molecule has 1 atom stereocenters. The first-order chi connectivity index (χ1) is 15.8. The Hall–Kier alpha value is -2.87. The van der Waals surface area contributed by atoms with E-state index in [-0.39, 0.29) is 17.1 Å². The maximum atomic E-state index is 12.6. The third-order valence-electron chi connectivity index (χ3n) is 4.63. The van der Waals surface area contributed by atoms with Crippen molar-refractivity contribution < 1.29 is 19.1 Å². The summed E-state index contributed by atoms with van der Waals surface area (Å²) in [5, 5.41) is 6.12. The van der Waals surface area contributed by atoms with E-state index in [0.717, 1.165) is 4.90 Å². The summed E-state index contributed by atoms with van der Waals surface area (Å²) in [6, 6.07) is 17.1. The van der Waals surface area contributed by atoms with Gasteiger partial charge in [0.15, 0.2) is 11.5 Å². The molecule has 2 N–H and O–H groups in total. The number of hydrogen-bond donors (Lipinski definition) is 2. The second kappa shape index (κ2) is 11.3. The Balaban J connectivity index is 1.58. The first-order valence-corrected chi connectivity index (χ1v) is 11.5. The van der Waals surface area contributed by atoms with Crippen LogP contribution in [0.1, 0.15) is 17.3 Å². The van der Waals surface area contributed by atoms with E-state index in [9.17, 15) is 9.59 Å². The molecule has 2 amide bonds. The third kappa shape index (κ3) is 6.57. The smallest absolute Gasteiger partial charge is 0.255 e. The minimum absolute atomic E-state index is 0.163. The second-order valence-corrected chi connectivity index (χ2v) is 9.16. The predicted molar refractivity (Wildman–Crippen MR) is 134 cm³/mol. The van der Waals surface area contributed by atoms with E-state index in [1.165, 1.54) is 26.0 Å². The molecule has 9 heteroatoms. The maximum Gasteiger partial charge on any atom is 0.255 e. The van der Waals surface area contributed by atoms with Gasteiger partial charge in [0.1, 0.15) is 0 Å². The first kappa shape index (κ1) is 24.8. The summed E-state index contributed by atoms with van der Waals surface area (Å²) < 4.78 is 10.4. The van der Waals surface area contributed by atoms with Crippen molar-refractivity contribution in [2.75, 3.05) is 24.9 Å². The van der Waals surface area contributed by atoms with Crippen LogP contribution in [0.25, 0.3) is 0 Å². The molecule has 172 valence electrons. The van der Waals surface area contributed by atoms with Crippen molar-refractivity contribution >= 4 is 58.2 Å². The van der Waals surface area contributed by atoms with E-state index >= 15 is 0 Å². The van der Waals surface area contributed by atoms with Gasteiger partial charge in [0.2, 0.25) is 5.91 Å². The molecule has 3 rings (SSSR count). The van der Waals surface area contributed by atoms with E-state index in [1.54, 1.807) is 48.5 Å². The first-order valence-electron chi connectivity index (χ1n) is 9.86. The molecule has 0 aliphatic heterocycles. The zero-order valence-corrected chi connectivity index (χ0v) is 20.5. The summed E-state index contributed by atoms with van der Waals surface area (Å²) in [5.74, 6) is 0.590. The minimum atomic E-state index is -0.355. The molecule has 33 heavy (non-hydrogen) atoms. The van der Waals surface area contributed by atoms with Crippen LogP contribution in [0.4, 0.5) is 11.4 Å². The van der Waals surface area contributed by atoms with Crippen molar-refractivity contribution in [2.45, 2.75) is 17.1 Å². The third-order valence-corrected chi connectivity index (χ3v) is 6.48. The van der Waals surface area contributed by atoms with Gasteiger partial charge in [-0.2, -0.15) is 0 Å². The molecule has 0 fully saturated rings. The Morgan fingerprint density at radius 2 is 1.48 bits per heavy atom. The molecular formula is C24H22Cl2N2O4S. The largest absolute Gasteiger partial charge is 0.493 e. The van der Waals surface area contributed by atoms with Crippen molar-refractivity contribution in [1.82, 2.24) is 0 Å². The highest BCUT2D eigenvalue weighted by atomic mass is 35.5. The van der Waals surface area contributed by atoms with E-state index < -0.39 is 0 Å². The molecule has 0 aromatic heterocycles. The highest BCUT2D eigenvalue weighted by Crippen LogP contribution is 2.29. The standard InChI is InChI=1S/C24H22Cl2N2O4S/c1-14(23(29)28-17-7-10-19(25)20(26)13-17)33-18-8-5-16(6-9-18)27-24(30)15-4-11-21(31-2)22(12-15)32-3/h4-14H,1-3H3,(H,27,30)(H,28,29). The molecule has 0 aliphatic rings. The quantitative estimate of drug-likeness (QED) is 0.348. The number of halogens is 2. The molecule has 0 saturated heterocycles. The molecule has 1 unspecified atom stereocenters. The number of benzene rings is 3. The van der Waals surface area contributed by atoms with Crippen LogP contribution in [0, 0.1) is 0 Å². The zero-order chi connectivity index (χ0) is 24.0. The van der Waals surface area contributed by atoms with E-state index in [4.69, 9.17) is 32.7 Å². The Bertz CT molecular complexity index is 1160. The van der Waals surface area contributed by atoms with Gasteiger partial charge in [0.05, 0.1) is 29.5 Å². The Kier molecular flexibility index (Phi) is 8.49. The lowest BCUT2D eigenvalue weighted by molar-refractivity contribution is -0.115. The molecule has 0 bridgehead atoms. The van der Waals surface area contributed by atoms with Crippen LogP contribution >= 0.6 is 35.0 Å². The normalized spacial score (nSPS) is 11.4. The van der Waals surface area contributed by atoms with Gasteiger partial charge in [-0.25, -0.2) is 0 Å². The summed E-state index contributed by atoms with van der Waals surface area (Å²) in [5.41, 5.74) is 1.65. The molecule has 0 saturated carbocycles. The van der Waals surface area contributed by atoms with Gasteiger partial charge >= 0.3 is 0 Å². The summed E-state index contributed by atoms with van der Waals surface area (Å²) in [6.45, 7) is 1.81. The monoisotopic (exact) mass is 504 g/mol. The van der Waals surface area contributed by atoms with Gasteiger partial charge in [0, 0.05) is 21.8 Å². The molecule has 6 nitrogen and oxygen atoms in total. The molecule has 0 heterocycles. The van der Waals surface area contributed by atoms with Crippen LogP contribution in [-0.2, 0) is 4.79 Å². The average Bonchev–Trinajstić information content (AvgIpc) is 2.82. The Labute approximate surface area is 206 Å². The number of rotatable bonds is 8. The molecule has 0 radical (unpaired) electrons. The minimum Gasteiger partial charge on any atom is -0.493 e. The highest BCUT2D eigenvalue weighted by molar-refractivity contribution is 8.00. The Morgan fingerprint density at radius 3 is 2.12 bits per heavy atom. The van der Waals surface area contributed by atoms with Crippen molar-refractivity contribution in [3.8, 4) is 11.5 Å². The molecule has 0 aliphatic carbocycles. The average molecular weight is 505 g/mol. The number of carbonyl (C=O) groups excluding carboxylic acids is 2. The summed E-state index contributed by atoms with van der Waals surface area (Å²) in [4.78, 5) is 26.0. The molecule has 3 aromatic rings. The lowest BCUT2D eigenvalue weighted by atomic mass is 10.2. The van der Waals surface area contributed by atoms with E-state index in [1.807, 2.05) is 19.1 Å². The van der Waals surface area contributed by atoms with Gasteiger partial charge in [0.25, 0.3) is 5.91 Å². The lowest BCUT2D eigenvalue weighted by Crippen LogP contribution is -2.22. The topological polar surface area (TPSA) is 76.7 Å². The van der Waals surface area contributed by atoms with Crippen LogP contribution in [0.15, 0.2) is 65.6 Å². The fourth-order valence-electron chi connectivity index (χ4n) is 2.87. The van der Waals surface area contributed by atoms with Crippen molar-refractivity contribution in [3.63, 3.8) is 0 Å². The molecule has 3 aromatic carbocycles. The fraction of sp³-hybridized carbons (Fsp3) is 0.167. The maximum absolute atomic E-state index is 12.6. The van der Waals surface area contributed by atoms with Crippen LogP contribution in [0.3, 0.4) is 0 Å². The second-order valence-electron chi connectivity index (χ2n) is 6.93. The number of methoxy groups -OCH3 is 2. The number of nitrogens with one attached hydrogen (secondary N) is 2. The zero-order valence-electron chi connectivity index (χ0n) is 18.1. The van der Waals surface area contributed by atoms with Crippen molar-refractivity contribution in [3.05, 3.63) is 76.3 Å². The number of hydrogen-bond acceptors (Lipinski definition) is 5. The fourth-order valence-corrected chi connectivity index (χ4v) is 4.04. The highest BCUT2D eigenvalue weighted by Gasteiger charge is 2.16. The predicted octanol–water partition coefficient (Wildman–Crippen LogP) is 6.38. The SMILES string of the molecule is COc1ccc(C(=O)Nc2ccc(SC(C)C(=O)Nc3ccc(Cl)c(Cl)c3)cc2)cc1OC. The molecule has 0 spiro atoms. The van der Waals surface area contributed by atoms with E-state index in [2.05, 4.69) is 10.6 Å². The number of ether oxygens (including phenoxy) is 2. The summed E-state index contributed by atoms with van der Waals surface area (Å²) in [6.07, 6.45) is 0. The van der Waals surface area contributed by atoms with Crippen LogP contribution in [0.2, 0.25) is 10.0 Å². The van der Waals surface area contributed by atoms with Gasteiger partial charge in [-0.15, -0.1) is 11.8 Å². The number of anilines is 2. The van der Waals surface area contributed by atoms with Crippen LogP contribution in [-0.4, -0.2) is 31.3 Å². The summed E-state index contributed by atoms with van der Waals surface area (Å²) >= 11 is 13.3. The van der Waals surface area contributed by atoms with Gasteiger partial charge in [-0.1, -0.05) is 23.2 Å². The van der Waals surface area contributed by atoms with E-state index in [0.29, 0.717) is 38.5 Å². The summed E-state index contributed by atoms with van der Waals surface area (Å²) in [7, 11) is 3.05. The number of amides is 2. The lowest BCUT2D eigenvalue weighted by Gasteiger charge is -2.13. The van der Waals surface area contributed by atoms with Crippen LogP contribution in [0.5, 0.6) is 11.5 Å². The van der Waals surface area contributed by atoms with Crippen LogP contribution < -0.4 is 20.1 Å². The van der Waals surface area contributed by atoms with Gasteiger partial charge in [-0.05, 0) is 67.6 Å². The number of carbonyl (C=O) groups is 2. The Morgan fingerprint density at radius 1 is 0.818 bits per heavy atom. The number of thioether (sulfide) groups is 1. The van der Waals surface area contributed by atoms with Gasteiger partial charge in [-0.3, -0.25) is 9.59 Å². The van der Waals surface area contributed by atoms with Gasteiger partial charge < -0.3 is 20.1 Å². The van der Waals surface area contributed by atoms with Crippen molar-refractivity contribution in [1.29, 1.82) is 0 Å². The molecular weight excluding hydrogens is 483 g/mol.